The summed E-state index contributed by atoms with van der Waals surface area (Å²) in [4.78, 5) is 4.34. The van der Waals surface area contributed by atoms with Crippen LogP contribution in [0.3, 0.4) is 0 Å². The molecular weight excluding hydrogens is 174 g/mol. The van der Waals surface area contributed by atoms with Crippen LogP contribution in [0.25, 0.3) is 0 Å². The number of benzene rings is 1. The molecule has 74 valence electrons. The van der Waals surface area contributed by atoms with Gasteiger partial charge in [-0.1, -0.05) is 23.8 Å². The Balaban J connectivity index is 2.90. The topological polar surface area (TPSA) is 21.6 Å². The van der Waals surface area contributed by atoms with Crippen LogP contribution in [0.1, 0.15) is 13.8 Å². The van der Waals surface area contributed by atoms with Crippen LogP contribution in [0.5, 0.6) is 0 Å². The van der Waals surface area contributed by atoms with E-state index in [0.717, 1.165) is 5.69 Å². The van der Waals surface area contributed by atoms with Crippen molar-refractivity contribution < 1.29 is 4.74 Å². The third-order valence-corrected chi connectivity index (χ3v) is 1.62. The summed E-state index contributed by atoms with van der Waals surface area (Å²) < 4.78 is 5.14. The molecule has 0 radical (unpaired) electrons. The highest BCUT2D eigenvalue weighted by atomic mass is 16.5. The Morgan fingerprint density at radius 1 is 1.21 bits per heavy atom. The van der Waals surface area contributed by atoms with E-state index >= 15 is 0 Å². The molecule has 1 aromatic rings. The minimum Gasteiger partial charge on any atom is -0.481 e. The van der Waals surface area contributed by atoms with Crippen LogP contribution in [0.15, 0.2) is 47.0 Å². The van der Waals surface area contributed by atoms with E-state index in [9.17, 15) is 0 Å². The summed E-state index contributed by atoms with van der Waals surface area (Å²) in [5, 5.41) is 0. The lowest BCUT2D eigenvalue weighted by Gasteiger charge is -2.00. The average Bonchev–Trinajstić information content (AvgIpc) is 2.17. The Labute approximate surface area is 84.9 Å². The highest BCUT2D eigenvalue weighted by Crippen LogP contribution is 2.10. The van der Waals surface area contributed by atoms with Crippen molar-refractivity contribution in [1.29, 1.82) is 0 Å². The molecule has 0 saturated heterocycles. The van der Waals surface area contributed by atoms with Crippen LogP contribution in [0.2, 0.25) is 0 Å². The maximum absolute atomic E-state index is 5.14. The monoisotopic (exact) mass is 189 g/mol. The molecule has 14 heavy (non-hydrogen) atoms. The van der Waals surface area contributed by atoms with E-state index in [4.69, 9.17) is 4.74 Å². The maximum Gasteiger partial charge on any atom is 0.213 e. The van der Waals surface area contributed by atoms with Gasteiger partial charge in [0.1, 0.15) is 0 Å². The Morgan fingerprint density at radius 2 is 1.86 bits per heavy atom. The number of rotatable bonds is 2. The van der Waals surface area contributed by atoms with Crippen molar-refractivity contribution in [3.8, 4) is 0 Å². The first-order valence-electron chi connectivity index (χ1n) is 4.55. The number of ether oxygens (including phenoxy) is 1. The van der Waals surface area contributed by atoms with Gasteiger partial charge in [-0.2, -0.15) is 0 Å². The molecule has 0 saturated carbocycles. The highest BCUT2D eigenvalue weighted by Gasteiger charge is 1.93. The van der Waals surface area contributed by atoms with Crippen LogP contribution >= 0.6 is 0 Å². The predicted molar refractivity (Wildman–Crippen MR) is 60.0 cm³/mol. The van der Waals surface area contributed by atoms with Gasteiger partial charge >= 0.3 is 0 Å². The van der Waals surface area contributed by atoms with E-state index < -0.39 is 0 Å². The highest BCUT2D eigenvalue weighted by molar-refractivity contribution is 5.90. The number of hydrogen-bond acceptors (Lipinski definition) is 2. The smallest absolute Gasteiger partial charge is 0.213 e. The second-order valence-corrected chi connectivity index (χ2v) is 3.21. The molecule has 0 heterocycles. The molecule has 0 amide bonds. The van der Waals surface area contributed by atoms with Crippen molar-refractivity contribution in [1.82, 2.24) is 0 Å². The summed E-state index contributed by atoms with van der Waals surface area (Å²) >= 11 is 0. The fraction of sp³-hybridized carbons (Fsp3) is 0.250. The molecular formula is C12H15NO. The molecule has 0 aliphatic carbocycles. The lowest BCUT2D eigenvalue weighted by Crippen LogP contribution is -1.96. The largest absolute Gasteiger partial charge is 0.481 e. The molecule has 1 aromatic carbocycles. The molecule has 0 aliphatic heterocycles. The minimum absolute atomic E-state index is 0.635. The number of aliphatic imine (C=N–C) groups is 1. The first-order chi connectivity index (χ1) is 6.72. The zero-order valence-electron chi connectivity index (χ0n) is 8.82. The van der Waals surface area contributed by atoms with Crippen molar-refractivity contribution in [3.63, 3.8) is 0 Å². The lowest BCUT2D eigenvalue weighted by atomic mass is 10.3. The van der Waals surface area contributed by atoms with Crippen LogP contribution in [-0.4, -0.2) is 13.0 Å². The second kappa shape index (κ2) is 5.22. The van der Waals surface area contributed by atoms with Crippen LogP contribution in [0.4, 0.5) is 5.69 Å². The van der Waals surface area contributed by atoms with Crippen molar-refractivity contribution in [2.24, 2.45) is 4.99 Å². The quantitative estimate of drug-likeness (QED) is 0.516. The molecule has 0 fully saturated rings. The van der Waals surface area contributed by atoms with Crippen molar-refractivity contribution in [2.45, 2.75) is 13.8 Å². The third-order valence-electron chi connectivity index (χ3n) is 1.62. The van der Waals surface area contributed by atoms with Gasteiger partial charge in [0.2, 0.25) is 5.90 Å². The molecule has 0 N–H and O–H groups in total. The number of allylic oxidation sites excluding steroid dienone is 1. The van der Waals surface area contributed by atoms with Crippen LogP contribution in [0, 0.1) is 0 Å². The van der Waals surface area contributed by atoms with Gasteiger partial charge in [-0.3, -0.25) is 0 Å². The number of hydrogen-bond donors (Lipinski definition) is 0. The lowest BCUT2D eigenvalue weighted by molar-refractivity contribution is 0.407. The zero-order valence-corrected chi connectivity index (χ0v) is 8.82. The maximum atomic E-state index is 5.14. The fourth-order valence-corrected chi connectivity index (χ4v) is 1.01. The van der Waals surface area contributed by atoms with Crippen LogP contribution in [-0.2, 0) is 4.74 Å². The summed E-state index contributed by atoms with van der Waals surface area (Å²) in [5.74, 6) is 0.635. The zero-order chi connectivity index (χ0) is 10.4. The molecule has 0 spiro atoms. The van der Waals surface area contributed by atoms with Gasteiger partial charge in [-0.15, -0.1) is 0 Å². The van der Waals surface area contributed by atoms with E-state index in [-0.39, 0.29) is 0 Å². The van der Waals surface area contributed by atoms with Gasteiger partial charge in [0.15, 0.2) is 0 Å². The Kier molecular flexibility index (Phi) is 3.92. The summed E-state index contributed by atoms with van der Waals surface area (Å²) in [5.41, 5.74) is 2.07. The SMILES string of the molecule is COC(C=C(C)C)=Nc1ccccc1. The molecule has 0 atom stereocenters. The molecule has 0 bridgehead atoms. The summed E-state index contributed by atoms with van der Waals surface area (Å²) in [6, 6.07) is 9.76. The Hall–Kier alpha value is -1.57. The van der Waals surface area contributed by atoms with Crippen LogP contribution < -0.4 is 0 Å². The molecule has 2 heteroatoms. The molecule has 0 unspecified atom stereocenters. The van der Waals surface area contributed by atoms with Crippen molar-refractivity contribution in [3.05, 3.63) is 42.0 Å². The predicted octanol–water partition coefficient (Wildman–Crippen LogP) is 3.33. The molecule has 2 nitrogen and oxygen atoms in total. The van der Waals surface area contributed by atoms with E-state index in [2.05, 4.69) is 4.99 Å². The molecule has 0 aliphatic rings. The van der Waals surface area contributed by atoms with E-state index in [0.29, 0.717) is 5.90 Å². The fourth-order valence-electron chi connectivity index (χ4n) is 1.01. The van der Waals surface area contributed by atoms with E-state index in [1.807, 2.05) is 50.3 Å². The second-order valence-electron chi connectivity index (χ2n) is 3.21. The van der Waals surface area contributed by atoms with Gasteiger partial charge in [0.05, 0.1) is 12.8 Å². The first-order valence-corrected chi connectivity index (χ1v) is 4.55. The number of para-hydroxylation sites is 1. The van der Waals surface area contributed by atoms with Gasteiger partial charge in [0.25, 0.3) is 0 Å². The normalized spacial score (nSPS) is 10.9. The summed E-state index contributed by atoms with van der Waals surface area (Å²) in [7, 11) is 1.63. The first kappa shape index (κ1) is 10.5. The van der Waals surface area contributed by atoms with Gasteiger partial charge in [0, 0.05) is 0 Å². The van der Waals surface area contributed by atoms with Gasteiger partial charge in [-0.05, 0) is 32.1 Å². The average molecular weight is 189 g/mol. The Bertz CT molecular complexity index is 335. The summed E-state index contributed by atoms with van der Waals surface area (Å²) in [6.45, 7) is 4.03. The molecule has 1 rings (SSSR count). The third kappa shape index (κ3) is 3.44. The minimum atomic E-state index is 0.635. The Morgan fingerprint density at radius 3 is 2.36 bits per heavy atom. The number of nitrogens with zero attached hydrogens (tertiary/aromatic N) is 1. The number of methoxy groups -OCH3 is 1. The van der Waals surface area contributed by atoms with E-state index in [1.54, 1.807) is 7.11 Å². The summed E-state index contributed by atoms with van der Waals surface area (Å²) in [6.07, 6.45) is 1.91. The van der Waals surface area contributed by atoms with Crippen molar-refractivity contribution in [2.75, 3.05) is 7.11 Å². The van der Waals surface area contributed by atoms with Gasteiger partial charge < -0.3 is 4.74 Å². The van der Waals surface area contributed by atoms with Crippen molar-refractivity contribution >= 4 is 11.6 Å². The van der Waals surface area contributed by atoms with Gasteiger partial charge in [-0.25, -0.2) is 4.99 Å². The van der Waals surface area contributed by atoms with E-state index in [1.165, 1.54) is 5.57 Å². The standard InChI is InChI=1S/C12H15NO/c1-10(2)9-12(14-3)13-11-7-5-4-6-8-11/h4-9H,1-3H3. The molecule has 0 aromatic heterocycles.